The Labute approximate surface area is 140 Å². The van der Waals surface area contributed by atoms with E-state index in [2.05, 4.69) is 5.10 Å². The van der Waals surface area contributed by atoms with Crippen molar-refractivity contribution < 1.29 is 19.0 Å². The highest BCUT2D eigenvalue weighted by Crippen LogP contribution is 2.39. The van der Waals surface area contributed by atoms with Crippen LogP contribution >= 0.6 is 0 Å². The molecule has 2 aromatic rings. The Bertz CT molecular complexity index is 775. The molecule has 1 fully saturated rings. The molecular weight excluding hydrogens is 308 g/mol. The summed E-state index contributed by atoms with van der Waals surface area (Å²) in [6.07, 6.45) is 5.58. The third-order valence-corrected chi connectivity index (χ3v) is 3.87. The van der Waals surface area contributed by atoms with Gasteiger partial charge in [0, 0.05) is 18.2 Å². The Morgan fingerprint density at radius 2 is 2.08 bits per heavy atom. The van der Waals surface area contributed by atoms with Gasteiger partial charge in [0.2, 0.25) is 5.76 Å². The summed E-state index contributed by atoms with van der Waals surface area (Å²) in [6.45, 7) is 1.90. The van der Waals surface area contributed by atoms with Gasteiger partial charge in [-0.15, -0.1) is 0 Å². The Morgan fingerprint density at radius 3 is 2.75 bits per heavy atom. The minimum Gasteiger partial charge on any atom is -0.500 e. The summed E-state index contributed by atoms with van der Waals surface area (Å²) < 4.78 is 17.1. The first-order valence-corrected chi connectivity index (χ1v) is 7.78. The van der Waals surface area contributed by atoms with Crippen LogP contribution in [0.4, 0.5) is 0 Å². The van der Waals surface area contributed by atoms with Crippen LogP contribution < -0.4 is 4.74 Å². The molecule has 0 unspecified atom stereocenters. The zero-order valence-electron chi connectivity index (χ0n) is 14.0. The number of aromatic nitrogens is 2. The quantitative estimate of drug-likeness (QED) is 0.463. The van der Waals surface area contributed by atoms with Crippen molar-refractivity contribution in [2.45, 2.75) is 25.7 Å². The van der Waals surface area contributed by atoms with E-state index in [1.54, 1.807) is 0 Å². The van der Waals surface area contributed by atoms with Gasteiger partial charge < -0.3 is 14.2 Å². The molecule has 126 valence electrons. The second-order valence-corrected chi connectivity index (χ2v) is 5.72. The van der Waals surface area contributed by atoms with E-state index in [9.17, 15) is 4.79 Å². The Balaban J connectivity index is 1.87. The summed E-state index contributed by atoms with van der Waals surface area (Å²) in [6, 6.07) is 7.77. The van der Waals surface area contributed by atoms with Crippen LogP contribution in [-0.4, -0.2) is 30.0 Å². The molecule has 0 bridgehead atoms. The maximum atomic E-state index is 11.7. The molecule has 0 radical (unpaired) electrons. The van der Waals surface area contributed by atoms with Crippen molar-refractivity contribution in [2.24, 2.45) is 0 Å². The van der Waals surface area contributed by atoms with Gasteiger partial charge in [-0.05, 0) is 37.5 Å². The lowest BCUT2D eigenvalue weighted by atomic mass is 10.2. The molecule has 0 spiro atoms. The van der Waals surface area contributed by atoms with Gasteiger partial charge in [-0.1, -0.05) is 6.07 Å². The lowest BCUT2D eigenvalue weighted by Crippen LogP contribution is -2.12. The molecule has 1 aliphatic rings. The van der Waals surface area contributed by atoms with Crippen molar-refractivity contribution in [1.82, 2.24) is 9.78 Å². The van der Waals surface area contributed by atoms with Crippen molar-refractivity contribution in [1.29, 1.82) is 0 Å². The number of esters is 1. The van der Waals surface area contributed by atoms with E-state index in [0.29, 0.717) is 11.7 Å². The van der Waals surface area contributed by atoms with Gasteiger partial charge >= 0.3 is 5.97 Å². The molecule has 1 aliphatic carbocycles. The van der Waals surface area contributed by atoms with Crippen LogP contribution in [0.2, 0.25) is 0 Å². The zero-order chi connectivity index (χ0) is 17.1. The zero-order valence-corrected chi connectivity index (χ0v) is 14.0. The Morgan fingerprint density at radius 1 is 1.29 bits per heavy atom. The minimum absolute atomic E-state index is 0.0145. The second-order valence-electron chi connectivity index (χ2n) is 5.72. The predicted molar refractivity (Wildman–Crippen MR) is 88.0 cm³/mol. The van der Waals surface area contributed by atoms with Crippen molar-refractivity contribution in [3.05, 3.63) is 53.7 Å². The number of rotatable bonds is 6. The van der Waals surface area contributed by atoms with E-state index in [1.165, 1.54) is 33.3 Å². The van der Waals surface area contributed by atoms with Crippen LogP contribution in [0.3, 0.4) is 0 Å². The van der Waals surface area contributed by atoms with Crippen molar-refractivity contribution in [3.63, 3.8) is 0 Å². The smallest absolute Gasteiger partial charge is 0.377 e. The van der Waals surface area contributed by atoms with Crippen molar-refractivity contribution >= 4 is 5.97 Å². The maximum Gasteiger partial charge on any atom is 0.377 e. The molecule has 0 amide bonds. The molecule has 6 heteroatoms. The van der Waals surface area contributed by atoms with E-state index in [1.807, 2.05) is 42.1 Å². The SMILES string of the molecule is CO/C=C(\Oc1cc(-n2ccc(C3CC3)n2)ccc1C)C(=O)OC. The average molecular weight is 328 g/mol. The molecule has 1 aromatic carbocycles. The second kappa shape index (κ2) is 6.78. The van der Waals surface area contributed by atoms with Gasteiger partial charge in [-0.2, -0.15) is 5.10 Å². The Kier molecular flexibility index (Phi) is 4.55. The number of hydrogen-bond acceptors (Lipinski definition) is 5. The molecule has 0 saturated heterocycles. The van der Waals surface area contributed by atoms with Gasteiger partial charge in [-0.3, -0.25) is 0 Å². The number of nitrogens with zero attached hydrogens (tertiary/aromatic N) is 2. The third-order valence-electron chi connectivity index (χ3n) is 3.87. The molecule has 0 aliphatic heterocycles. The van der Waals surface area contributed by atoms with Gasteiger partial charge in [0.25, 0.3) is 0 Å². The molecule has 6 nitrogen and oxygen atoms in total. The summed E-state index contributed by atoms with van der Waals surface area (Å²) in [5.74, 6) is 0.531. The number of carbonyl (C=O) groups is 1. The number of methoxy groups -OCH3 is 2. The predicted octanol–water partition coefficient (Wildman–Crippen LogP) is 3.10. The number of ether oxygens (including phenoxy) is 3. The van der Waals surface area contributed by atoms with Crippen molar-refractivity contribution in [2.75, 3.05) is 14.2 Å². The summed E-state index contributed by atoms with van der Waals surface area (Å²) >= 11 is 0. The van der Waals surface area contributed by atoms with E-state index in [0.717, 1.165) is 16.9 Å². The fraction of sp³-hybridized carbons (Fsp3) is 0.333. The maximum absolute atomic E-state index is 11.7. The lowest BCUT2D eigenvalue weighted by Gasteiger charge is -2.12. The van der Waals surface area contributed by atoms with E-state index >= 15 is 0 Å². The number of carbonyl (C=O) groups excluding carboxylic acids is 1. The van der Waals surface area contributed by atoms with Crippen LogP contribution in [0, 0.1) is 6.92 Å². The molecule has 1 heterocycles. The highest BCUT2D eigenvalue weighted by molar-refractivity contribution is 5.86. The molecule has 1 aromatic heterocycles. The van der Waals surface area contributed by atoms with Gasteiger partial charge in [0.05, 0.1) is 25.6 Å². The summed E-state index contributed by atoms with van der Waals surface area (Å²) in [4.78, 5) is 11.7. The highest BCUT2D eigenvalue weighted by atomic mass is 16.6. The molecule has 3 rings (SSSR count). The van der Waals surface area contributed by atoms with Crippen LogP contribution in [0.5, 0.6) is 5.75 Å². The number of hydrogen-bond donors (Lipinski definition) is 0. The standard InChI is InChI=1S/C18H20N2O4/c1-12-4-7-14(20-9-8-15(19-20)13-5-6-13)10-16(12)24-17(11-22-2)18(21)23-3/h4,7-11,13H,5-6H2,1-3H3/b17-11-. The van der Waals surface area contributed by atoms with Crippen LogP contribution in [-0.2, 0) is 14.3 Å². The highest BCUT2D eigenvalue weighted by Gasteiger charge is 2.26. The number of aryl methyl sites for hydroxylation is 1. The van der Waals surface area contributed by atoms with Gasteiger partial charge in [0.1, 0.15) is 12.0 Å². The molecule has 0 N–H and O–H groups in total. The molecule has 0 atom stereocenters. The van der Waals surface area contributed by atoms with E-state index in [-0.39, 0.29) is 5.76 Å². The summed E-state index contributed by atoms with van der Waals surface area (Å²) in [7, 11) is 2.74. The first-order chi connectivity index (χ1) is 11.6. The van der Waals surface area contributed by atoms with Gasteiger partial charge in [0.15, 0.2) is 0 Å². The minimum atomic E-state index is -0.600. The van der Waals surface area contributed by atoms with Crippen LogP contribution in [0.15, 0.2) is 42.5 Å². The summed E-state index contributed by atoms with van der Waals surface area (Å²) in [5.41, 5.74) is 2.87. The molecule has 1 saturated carbocycles. The van der Waals surface area contributed by atoms with E-state index in [4.69, 9.17) is 14.2 Å². The van der Waals surface area contributed by atoms with Gasteiger partial charge in [-0.25, -0.2) is 9.48 Å². The van der Waals surface area contributed by atoms with Crippen LogP contribution in [0.25, 0.3) is 5.69 Å². The van der Waals surface area contributed by atoms with E-state index < -0.39 is 5.97 Å². The van der Waals surface area contributed by atoms with Crippen LogP contribution in [0.1, 0.15) is 30.0 Å². The Hall–Kier alpha value is -2.76. The largest absolute Gasteiger partial charge is 0.500 e. The molecule has 24 heavy (non-hydrogen) atoms. The summed E-state index contributed by atoms with van der Waals surface area (Å²) in [5, 5.41) is 4.61. The average Bonchev–Trinajstić information content (AvgIpc) is 3.33. The fourth-order valence-corrected chi connectivity index (χ4v) is 2.36. The fourth-order valence-electron chi connectivity index (χ4n) is 2.36. The lowest BCUT2D eigenvalue weighted by molar-refractivity contribution is -0.138. The topological polar surface area (TPSA) is 62.6 Å². The van der Waals surface area contributed by atoms with Crippen molar-refractivity contribution in [3.8, 4) is 11.4 Å². The first-order valence-electron chi connectivity index (χ1n) is 7.78. The third kappa shape index (κ3) is 3.42. The number of benzene rings is 1. The normalized spacial score (nSPS) is 14.4. The molecular formula is C18H20N2O4. The monoisotopic (exact) mass is 328 g/mol. The first kappa shape index (κ1) is 16.1.